The molecule has 0 radical (unpaired) electrons. The van der Waals surface area contributed by atoms with E-state index in [0.29, 0.717) is 18.8 Å². The normalized spacial score (nSPS) is 11.5. The standard InChI is InChI=1S/C33H38N2O3/c1-5-6-16-30-29(31(35-34-30)23-37-22-25-12-8-7-9-13-25)21-24-17-19-26(20-18-24)27-14-10-11-15-28(27)32(36)38-33(2,3)4/h7-15,17-20H,5-6,16,21-23H2,1-4H3,(H,34,35). The molecule has 1 heterocycles. The lowest BCUT2D eigenvalue weighted by Gasteiger charge is -2.20. The summed E-state index contributed by atoms with van der Waals surface area (Å²) in [5, 5.41) is 7.88. The van der Waals surface area contributed by atoms with Crippen LogP contribution in [0.1, 0.15) is 79.0 Å². The minimum absolute atomic E-state index is 0.309. The molecule has 0 aliphatic heterocycles. The summed E-state index contributed by atoms with van der Waals surface area (Å²) in [7, 11) is 0. The van der Waals surface area contributed by atoms with Crippen LogP contribution in [0.15, 0.2) is 78.9 Å². The number of hydrogen-bond donors (Lipinski definition) is 1. The van der Waals surface area contributed by atoms with E-state index in [0.717, 1.165) is 53.8 Å². The minimum atomic E-state index is -0.545. The molecule has 0 fully saturated rings. The summed E-state index contributed by atoms with van der Waals surface area (Å²) in [6.45, 7) is 8.90. The van der Waals surface area contributed by atoms with Crippen LogP contribution in [0.2, 0.25) is 0 Å². The molecule has 0 aliphatic carbocycles. The van der Waals surface area contributed by atoms with E-state index >= 15 is 0 Å². The predicted molar refractivity (Wildman–Crippen MR) is 152 cm³/mol. The van der Waals surface area contributed by atoms with Crippen molar-refractivity contribution in [3.63, 3.8) is 0 Å². The first-order chi connectivity index (χ1) is 18.3. The number of benzene rings is 3. The second-order valence-electron chi connectivity index (χ2n) is 10.6. The lowest BCUT2D eigenvalue weighted by atomic mass is 9.96. The molecule has 0 aliphatic rings. The molecule has 38 heavy (non-hydrogen) atoms. The van der Waals surface area contributed by atoms with E-state index in [1.165, 1.54) is 11.1 Å². The van der Waals surface area contributed by atoms with Crippen LogP contribution >= 0.6 is 0 Å². The fraction of sp³-hybridized carbons (Fsp3) is 0.333. The number of nitrogens with one attached hydrogen (secondary N) is 1. The molecule has 0 unspecified atom stereocenters. The zero-order valence-corrected chi connectivity index (χ0v) is 22.9. The Labute approximate surface area is 226 Å². The van der Waals surface area contributed by atoms with E-state index in [2.05, 4.69) is 53.5 Å². The van der Waals surface area contributed by atoms with Crippen molar-refractivity contribution in [1.82, 2.24) is 10.2 Å². The summed E-state index contributed by atoms with van der Waals surface area (Å²) < 4.78 is 11.7. The molecule has 0 atom stereocenters. The van der Waals surface area contributed by atoms with Gasteiger partial charge in [-0.2, -0.15) is 5.10 Å². The number of aryl methyl sites for hydroxylation is 1. The molecule has 0 saturated carbocycles. The highest BCUT2D eigenvalue weighted by atomic mass is 16.6. The summed E-state index contributed by atoms with van der Waals surface area (Å²) in [5.41, 5.74) is 7.59. The lowest BCUT2D eigenvalue weighted by Crippen LogP contribution is -2.24. The molecule has 0 amide bonds. The summed E-state index contributed by atoms with van der Waals surface area (Å²) in [4.78, 5) is 12.8. The van der Waals surface area contributed by atoms with Crippen molar-refractivity contribution < 1.29 is 14.3 Å². The first kappa shape index (κ1) is 27.3. The van der Waals surface area contributed by atoms with Crippen LogP contribution in [0.5, 0.6) is 0 Å². The highest BCUT2D eigenvalue weighted by Crippen LogP contribution is 2.27. The number of carbonyl (C=O) groups is 1. The maximum atomic E-state index is 12.8. The largest absolute Gasteiger partial charge is 0.456 e. The number of hydrogen-bond acceptors (Lipinski definition) is 4. The maximum Gasteiger partial charge on any atom is 0.339 e. The van der Waals surface area contributed by atoms with Gasteiger partial charge >= 0.3 is 5.97 Å². The van der Waals surface area contributed by atoms with Crippen LogP contribution in [0.3, 0.4) is 0 Å². The van der Waals surface area contributed by atoms with Crippen molar-refractivity contribution in [3.8, 4) is 11.1 Å². The maximum absolute atomic E-state index is 12.8. The number of ether oxygens (including phenoxy) is 2. The Hall–Kier alpha value is -3.70. The van der Waals surface area contributed by atoms with E-state index < -0.39 is 5.60 Å². The number of aromatic amines is 1. The van der Waals surface area contributed by atoms with E-state index in [1.54, 1.807) is 0 Å². The van der Waals surface area contributed by atoms with Crippen LogP contribution in [-0.2, 0) is 35.5 Å². The molecule has 0 saturated heterocycles. The Balaban J connectivity index is 1.51. The predicted octanol–water partition coefficient (Wildman–Crippen LogP) is 7.68. The number of nitrogens with zero attached hydrogens (tertiary/aromatic N) is 1. The molecule has 5 heteroatoms. The third-order valence-electron chi connectivity index (χ3n) is 6.36. The van der Waals surface area contributed by atoms with Gasteiger partial charge in [-0.1, -0.05) is 86.1 Å². The lowest BCUT2D eigenvalue weighted by molar-refractivity contribution is 0.00704. The monoisotopic (exact) mass is 510 g/mol. The van der Waals surface area contributed by atoms with Gasteiger partial charge in [-0.05, 0) is 61.9 Å². The zero-order chi connectivity index (χ0) is 27.0. The Morgan fingerprint density at radius 1 is 0.868 bits per heavy atom. The Bertz CT molecular complexity index is 1320. The number of H-pyrrole nitrogens is 1. The van der Waals surface area contributed by atoms with Crippen molar-refractivity contribution in [2.45, 2.75) is 72.2 Å². The second kappa shape index (κ2) is 12.7. The van der Waals surface area contributed by atoms with Gasteiger partial charge in [0.25, 0.3) is 0 Å². The molecule has 3 aromatic carbocycles. The molecule has 4 aromatic rings. The van der Waals surface area contributed by atoms with Gasteiger partial charge < -0.3 is 9.47 Å². The van der Waals surface area contributed by atoms with Gasteiger partial charge in [0.1, 0.15) is 5.60 Å². The third-order valence-corrected chi connectivity index (χ3v) is 6.36. The first-order valence-corrected chi connectivity index (χ1v) is 13.4. The van der Waals surface area contributed by atoms with Crippen LogP contribution < -0.4 is 0 Å². The molecular formula is C33H38N2O3. The zero-order valence-electron chi connectivity index (χ0n) is 22.9. The summed E-state index contributed by atoms with van der Waals surface area (Å²) in [5.74, 6) is -0.309. The highest BCUT2D eigenvalue weighted by molar-refractivity contribution is 5.97. The number of carbonyl (C=O) groups excluding carboxylic acids is 1. The Morgan fingerprint density at radius 2 is 1.58 bits per heavy atom. The topological polar surface area (TPSA) is 64.2 Å². The van der Waals surface area contributed by atoms with Gasteiger partial charge in [0.05, 0.1) is 30.2 Å². The molecule has 4 rings (SSSR count). The van der Waals surface area contributed by atoms with Gasteiger partial charge in [0.15, 0.2) is 0 Å². The molecule has 0 bridgehead atoms. The molecule has 1 N–H and O–H groups in total. The summed E-state index contributed by atoms with van der Waals surface area (Å²) in [6, 6.07) is 26.2. The van der Waals surface area contributed by atoms with Gasteiger partial charge in [-0.15, -0.1) is 0 Å². The van der Waals surface area contributed by atoms with E-state index in [1.807, 2.05) is 63.2 Å². The number of rotatable bonds is 11. The van der Waals surface area contributed by atoms with Crippen molar-refractivity contribution in [2.75, 3.05) is 0 Å². The molecule has 1 aromatic heterocycles. The number of esters is 1. The average Bonchev–Trinajstić information content (AvgIpc) is 3.28. The van der Waals surface area contributed by atoms with Crippen molar-refractivity contribution >= 4 is 5.97 Å². The highest BCUT2D eigenvalue weighted by Gasteiger charge is 2.21. The van der Waals surface area contributed by atoms with Crippen LogP contribution in [0.4, 0.5) is 0 Å². The van der Waals surface area contributed by atoms with Gasteiger partial charge in [0.2, 0.25) is 0 Å². The fourth-order valence-electron chi connectivity index (χ4n) is 4.42. The van der Waals surface area contributed by atoms with E-state index in [9.17, 15) is 4.79 Å². The number of aromatic nitrogens is 2. The number of unbranched alkanes of at least 4 members (excludes halogenated alkanes) is 1. The van der Waals surface area contributed by atoms with E-state index in [4.69, 9.17) is 9.47 Å². The smallest absolute Gasteiger partial charge is 0.339 e. The molecule has 5 nitrogen and oxygen atoms in total. The summed E-state index contributed by atoms with van der Waals surface area (Å²) >= 11 is 0. The molecule has 198 valence electrons. The second-order valence-corrected chi connectivity index (χ2v) is 10.6. The SMILES string of the molecule is CCCCc1n[nH]c(COCc2ccccc2)c1Cc1ccc(-c2ccccc2C(=O)OC(C)(C)C)cc1. The first-order valence-electron chi connectivity index (χ1n) is 13.4. The van der Waals surface area contributed by atoms with E-state index in [-0.39, 0.29) is 5.97 Å². The average molecular weight is 511 g/mol. The van der Waals surface area contributed by atoms with Crippen molar-refractivity contribution in [1.29, 1.82) is 0 Å². The van der Waals surface area contributed by atoms with Crippen molar-refractivity contribution in [2.24, 2.45) is 0 Å². The molecule has 0 spiro atoms. The minimum Gasteiger partial charge on any atom is -0.456 e. The van der Waals surface area contributed by atoms with Crippen LogP contribution in [0, 0.1) is 0 Å². The Kier molecular flexibility index (Phi) is 9.14. The third kappa shape index (κ3) is 7.42. The van der Waals surface area contributed by atoms with Gasteiger partial charge in [0, 0.05) is 12.0 Å². The fourth-order valence-corrected chi connectivity index (χ4v) is 4.42. The Morgan fingerprint density at radius 3 is 2.29 bits per heavy atom. The van der Waals surface area contributed by atoms with Gasteiger partial charge in [-0.25, -0.2) is 4.79 Å². The summed E-state index contributed by atoms with van der Waals surface area (Å²) in [6.07, 6.45) is 3.94. The quantitative estimate of drug-likeness (QED) is 0.210. The van der Waals surface area contributed by atoms with Gasteiger partial charge in [-0.3, -0.25) is 5.10 Å². The van der Waals surface area contributed by atoms with Crippen molar-refractivity contribution in [3.05, 3.63) is 113 Å². The van der Waals surface area contributed by atoms with Crippen LogP contribution in [0.25, 0.3) is 11.1 Å². The van der Waals surface area contributed by atoms with Crippen LogP contribution in [-0.4, -0.2) is 21.8 Å². The molecular weight excluding hydrogens is 472 g/mol.